The fourth-order valence-corrected chi connectivity index (χ4v) is 3.00. The summed E-state index contributed by atoms with van der Waals surface area (Å²) in [7, 11) is 0. The molecule has 2 aromatic carbocycles. The fourth-order valence-electron chi connectivity index (χ4n) is 3.00. The van der Waals surface area contributed by atoms with E-state index < -0.39 is 0 Å². The number of rotatable bonds is 15. The molecule has 0 saturated carbocycles. The first-order chi connectivity index (χ1) is 15.0. The van der Waals surface area contributed by atoms with Crippen LogP contribution in [0.25, 0.3) is 0 Å². The van der Waals surface area contributed by atoms with Gasteiger partial charge in [-0.3, -0.25) is 0 Å². The number of hydrogen-bond acceptors (Lipinski definition) is 6. The van der Waals surface area contributed by atoms with E-state index in [4.69, 9.17) is 29.2 Å². The highest BCUT2D eigenvalue weighted by Gasteiger charge is 2.23. The second kappa shape index (κ2) is 13.3. The van der Waals surface area contributed by atoms with Crippen LogP contribution in [-0.4, -0.2) is 63.1 Å². The van der Waals surface area contributed by atoms with E-state index in [0.29, 0.717) is 39.6 Å². The molecule has 0 radical (unpaired) electrons. The monoisotopic (exact) mass is 432 g/mol. The molecular formula is C25H36O6. The average Bonchev–Trinajstić information content (AvgIpc) is 2.79. The lowest BCUT2D eigenvalue weighted by Crippen LogP contribution is -2.19. The van der Waals surface area contributed by atoms with Crippen molar-refractivity contribution >= 4 is 0 Å². The van der Waals surface area contributed by atoms with Crippen molar-refractivity contribution in [3.63, 3.8) is 0 Å². The number of hydrogen-bond donors (Lipinski definition) is 2. The molecule has 0 saturated heterocycles. The lowest BCUT2D eigenvalue weighted by molar-refractivity contribution is 0.0247. The maximum Gasteiger partial charge on any atom is 0.119 e. The van der Waals surface area contributed by atoms with E-state index in [0.717, 1.165) is 11.5 Å². The normalized spacial score (nSPS) is 12.5. The molecule has 0 spiro atoms. The number of ether oxygens (including phenoxy) is 4. The first kappa shape index (κ1) is 25.1. The molecule has 31 heavy (non-hydrogen) atoms. The summed E-state index contributed by atoms with van der Waals surface area (Å²) in [6.07, 6.45) is 0. The van der Waals surface area contributed by atoms with Crippen molar-refractivity contribution in [3.05, 3.63) is 59.7 Å². The summed E-state index contributed by atoms with van der Waals surface area (Å²) in [5, 5.41) is 17.7. The molecule has 0 aliphatic carbocycles. The van der Waals surface area contributed by atoms with Gasteiger partial charge in [-0.05, 0) is 35.4 Å². The van der Waals surface area contributed by atoms with E-state index in [1.54, 1.807) is 0 Å². The first-order valence-electron chi connectivity index (χ1n) is 10.8. The van der Waals surface area contributed by atoms with E-state index in [2.05, 4.69) is 38.1 Å². The minimum absolute atomic E-state index is 0.0282. The number of aliphatic hydroxyl groups is 2. The molecule has 0 bridgehead atoms. The summed E-state index contributed by atoms with van der Waals surface area (Å²) in [6.45, 7) is 9.25. The highest BCUT2D eigenvalue weighted by atomic mass is 16.5. The largest absolute Gasteiger partial charge is 0.493 e. The minimum atomic E-state index is -0.160. The van der Waals surface area contributed by atoms with Gasteiger partial charge in [-0.25, -0.2) is 0 Å². The summed E-state index contributed by atoms with van der Waals surface area (Å²) in [5.41, 5.74) is 2.23. The van der Waals surface area contributed by atoms with Gasteiger partial charge in [0, 0.05) is 17.9 Å². The molecule has 2 N–H and O–H groups in total. The molecule has 2 rings (SSSR count). The first-order valence-corrected chi connectivity index (χ1v) is 10.8. The average molecular weight is 433 g/mol. The predicted molar refractivity (Wildman–Crippen MR) is 121 cm³/mol. The Morgan fingerprint density at radius 2 is 1.19 bits per heavy atom. The zero-order valence-electron chi connectivity index (χ0n) is 18.9. The number of benzene rings is 2. The minimum Gasteiger partial charge on any atom is -0.493 e. The Kier molecular flexibility index (Phi) is 10.8. The highest BCUT2D eigenvalue weighted by Crippen LogP contribution is 2.33. The van der Waals surface area contributed by atoms with Crippen molar-refractivity contribution in [3.8, 4) is 11.5 Å². The van der Waals surface area contributed by atoms with Crippen LogP contribution in [0.3, 0.4) is 0 Å². The Morgan fingerprint density at radius 3 is 1.71 bits per heavy atom. The van der Waals surface area contributed by atoms with Crippen molar-refractivity contribution in [2.24, 2.45) is 5.92 Å². The Morgan fingerprint density at radius 1 is 0.710 bits per heavy atom. The van der Waals surface area contributed by atoms with E-state index in [1.165, 1.54) is 11.1 Å². The van der Waals surface area contributed by atoms with Gasteiger partial charge in [-0.15, -0.1) is 0 Å². The van der Waals surface area contributed by atoms with Gasteiger partial charge in [0.25, 0.3) is 0 Å². The second-order valence-electron chi connectivity index (χ2n) is 8.07. The summed E-state index contributed by atoms with van der Waals surface area (Å²) in [5.74, 6) is 1.74. The third-order valence-corrected chi connectivity index (χ3v) is 5.10. The zero-order chi connectivity index (χ0) is 22.5. The van der Waals surface area contributed by atoms with E-state index >= 15 is 0 Å². The van der Waals surface area contributed by atoms with Crippen molar-refractivity contribution in [1.29, 1.82) is 0 Å². The van der Waals surface area contributed by atoms with Crippen LogP contribution in [-0.2, 0) is 14.9 Å². The van der Waals surface area contributed by atoms with E-state index in [1.807, 2.05) is 31.2 Å². The van der Waals surface area contributed by atoms with Gasteiger partial charge in [0.2, 0.25) is 0 Å². The highest BCUT2D eigenvalue weighted by molar-refractivity contribution is 5.41. The molecular weight excluding hydrogens is 396 g/mol. The fraction of sp³-hybridized carbons (Fsp3) is 0.520. The molecule has 0 aliphatic rings. The molecule has 0 amide bonds. The molecule has 1 atom stereocenters. The van der Waals surface area contributed by atoms with Crippen LogP contribution < -0.4 is 9.47 Å². The molecule has 0 aromatic heterocycles. The van der Waals surface area contributed by atoms with Gasteiger partial charge in [-0.2, -0.15) is 0 Å². The topological polar surface area (TPSA) is 77.4 Å². The van der Waals surface area contributed by atoms with Crippen LogP contribution in [0.4, 0.5) is 0 Å². The lowest BCUT2D eigenvalue weighted by atomic mass is 9.78. The molecule has 2 aromatic rings. The van der Waals surface area contributed by atoms with Gasteiger partial charge in [-0.1, -0.05) is 45.0 Å². The van der Waals surface area contributed by atoms with Crippen LogP contribution in [0, 0.1) is 5.92 Å². The van der Waals surface area contributed by atoms with Gasteiger partial charge in [0.05, 0.1) is 39.6 Å². The van der Waals surface area contributed by atoms with Gasteiger partial charge in [0.15, 0.2) is 0 Å². The second-order valence-corrected chi connectivity index (χ2v) is 8.07. The Labute approximate surface area is 185 Å². The molecule has 172 valence electrons. The van der Waals surface area contributed by atoms with Crippen molar-refractivity contribution < 1.29 is 29.2 Å². The maximum atomic E-state index is 9.11. The van der Waals surface area contributed by atoms with E-state index in [-0.39, 0.29) is 24.5 Å². The molecule has 1 unspecified atom stereocenters. The Bertz CT molecular complexity index is 727. The SMILES string of the molecule is CC(CO)COc1ccc(C(C)(C)c2ccc(OCCOCCOCCO)cc2)cc1. The predicted octanol–water partition coefficient (Wildman–Crippen LogP) is 3.42. The van der Waals surface area contributed by atoms with Crippen LogP contribution in [0.1, 0.15) is 31.9 Å². The van der Waals surface area contributed by atoms with Crippen LogP contribution in [0.5, 0.6) is 11.5 Å². The summed E-state index contributed by atoms with van der Waals surface area (Å²) in [4.78, 5) is 0. The third-order valence-electron chi connectivity index (χ3n) is 5.10. The van der Waals surface area contributed by atoms with Gasteiger partial charge >= 0.3 is 0 Å². The summed E-state index contributed by atoms with van der Waals surface area (Å²) in [6, 6.07) is 16.3. The number of aliphatic hydroxyl groups excluding tert-OH is 2. The lowest BCUT2D eigenvalue weighted by Gasteiger charge is -2.26. The van der Waals surface area contributed by atoms with Crippen molar-refractivity contribution in [2.75, 3.05) is 52.9 Å². The molecule has 0 fully saturated rings. The molecule has 0 aliphatic heterocycles. The summed E-state index contributed by atoms with van der Waals surface area (Å²) >= 11 is 0. The molecule has 6 nitrogen and oxygen atoms in total. The van der Waals surface area contributed by atoms with Crippen molar-refractivity contribution in [2.45, 2.75) is 26.2 Å². The quantitative estimate of drug-likeness (QED) is 0.420. The smallest absolute Gasteiger partial charge is 0.119 e. The third kappa shape index (κ3) is 8.50. The maximum absolute atomic E-state index is 9.11. The summed E-state index contributed by atoms with van der Waals surface area (Å²) < 4.78 is 22.0. The molecule has 6 heteroatoms. The van der Waals surface area contributed by atoms with E-state index in [9.17, 15) is 0 Å². The zero-order valence-corrected chi connectivity index (χ0v) is 18.9. The Balaban J connectivity index is 1.82. The standard InChI is InChI=1S/C25H36O6/c1-20(18-27)19-31-24-10-6-22(7-11-24)25(2,3)21-4-8-23(9-5-21)30-17-16-29-15-14-28-13-12-26/h4-11,20,26-27H,12-19H2,1-3H3. The Hall–Kier alpha value is -2.12. The van der Waals surface area contributed by atoms with Crippen molar-refractivity contribution in [1.82, 2.24) is 0 Å². The van der Waals surface area contributed by atoms with Gasteiger partial charge < -0.3 is 29.2 Å². The van der Waals surface area contributed by atoms with Crippen LogP contribution in [0.15, 0.2) is 48.5 Å². The van der Waals surface area contributed by atoms with Crippen LogP contribution >= 0.6 is 0 Å². The van der Waals surface area contributed by atoms with Gasteiger partial charge in [0.1, 0.15) is 18.1 Å². The van der Waals surface area contributed by atoms with Crippen LogP contribution in [0.2, 0.25) is 0 Å². The molecule has 0 heterocycles.